The van der Waals surface area contributed by atoms with Gasteiger partial charge >= 0.3 is 5.97 Å². The van der Waals surface area contributed by atoms with E-state index in [1.54, 1.807) is 22.4 Å². The van der Waals surface area contributed by atoms with Gasteiger partial charge in [-0.05, 0) is 18.2 Å². The molecule has 0 spiro atoms. The standard InChI is InChI=1S/C22H17FN6O5S/c1-34-12-2-3-16(25-7-12)20(31)26-11-8-28(9-11)19-15(23)6-13-17(30)14(21(32)33)10-29(18(13)27-19)22-24-4-5-35-22/h2-7,10-11H,8-9H2,1H3,(H,26,31)(H,32,33). The summed E-state index contributed by atoms with van der Waals surface area (Å²) in [6.45, 7) is 0.567. The van der Waals surface area contributed by atoms with Crippen molar-refractivity contribution in [2.75, 3.05) is 25.1 Å². The van der Waals surface area contributed by atoms with E-state index in [9.17, 15) is 23.9 Å². The van der Waals surface area contributed by atoms with Crippen LogP contribution in [0.2, 0.25) is 0 Å². The summed E-state index contributed by atoms with van der Waals surface area (Å²) in [5, 5.41) is 14.1. The largest absolute Gasteiger partial charge is 0.495 e. The summed E-state index contributed by atoms with van der Waals surface area (Å²) in [4.78, 5) is 50.8. The molecule has 1 fully saturated rings. The fourth-order valence-corrected chi connectivity index (χ4v) is 4.32. The second-order valence-electron chi connectivity index (χ2n) is 7.69. The highest BCUT2D eigenvalue weighted by Gasteiger charge is 2.32. The van der Waals surface area contributed by atoms with Crippen LogP contribution in [0.1, 0.15) is 20.8 Å². The predicted molar refractivity (Wildman–Crippen MR) is 124 cm³/mol. The smallest absolute Gasteiger partial charge is 0.341 e. The molecule has 1 amide bonds. The summed E-state index contributed by atoms with van der Waals surface area (Å²) in [7, 11) is 1.50. The fraction of sp³-hybridized carbons (Fsp3) is 0.182. The number of halogens is 1. The number of methoxy groups -OCH3 is 1. The predicted octanol–water partition coefficient (Wildman–Crippen LogP) is 1.70. The second-order valence-corrected chi connectivity index (χ2v) is 8.56. The quantitative estimate of drug-likeness (QED) is 0.408. The van der Waals surface area contributed by atoms with E-state index in [1.165, 1.54) is 35.4 Å². The van der Waals surface area contributed by atoms with Gasteiger partial charge in [0.2, 0.25) is 5.43 Å². The molecule has 11 nitrogen and oxygen atoms in total. The third kappa shape index (κ3) is 4.05. The van der Waals surface area contributed by atoms with Crippen LogP contribution in [-0.4, -0.2) is 62.7 Å². The highest BCUT2D eigenvalue weighted by atomic mass is 32.1. The summed E-state index contributed by atoms with van der Waals surface area (Å²) in [5.41, 5.74) is -1.04. The summed E-state index contributed by atoms with van der Waals surface area (Å²) in [6, 6.07) is 3.89. The molecule has 0 aromatic carbocycles. The van der Waals surface area contributed by atoms with Gasteiger partial charge in [0, 0.05) is 30.9 Å². The molecule has 35 heavy (non-hydrogen) atoms. The number of carboxylic acids is 1. The lowest BCUT2D eigenvalue weighted by Gasteiger charge is -2.40. The lowest BCUT2D eigenvalue weighted by atomic mass is 10.1. The minimum atomic E-state index is -1.43. The molecule has 5 heterocycles. The molecule has 0 unspecified atom stereocenters. The number of hydrogen-bond donors (Lipinski definition) is 2. The van der Waals surface area contributed by atoms with Crippen LogP contribution >= 0.6 is 11.3 Å². The maximum absolute atomic E-state index is 15.0. The minimum absolute atomic E-state index is 0.0154. The van der Waals surface area contributed by atoms with Crippen molar-refractivity contribution in [3.63, 3.8) is 0 Å². The normalized spacial score (nSPS) is 13.5. The molecule has 0 bridgehead atoms. The average molecular weight is 496 g/mol. The molecular weight excluding hydrogens is 479 g/mol. The number of nitrogens with zero attached hydrogens (tertiary/aromatic N) is 5. The van der Waals surface area contributed by atoms with Gasteiger partial charge < -0.3 is 20.1 Å². The number of hydrogen-bond acceptors (Lipinski definition) is 9. The maximum atomic E-state index is 15.0. The van der Waals surface area contributed by atoms with Gasteiger partial charge in [0.15, 0.2) is 22.4 Å². The number of carbonyl (C=O) groups excluding carboxylic acids is 1. The van der Waals surface area contributed by atoms with Crippen molar-refractivity contribution in [2.45, 2.75) is 6.04 Å². The van der Waals surface area contributed by atoms with Crippen molar-refractivity contribution in [2.24, 2.45) is 0 Å². The number of amides is 1. The molecule has 4 aromatic heterocycles. The third-order valence-corrected chi connectivity index (χ3v) is 6.26. The van der Waals surface area contributed by atoms with Crippen molar-refractivity contribution in [1.82, 2.24) is 24.8 Å². The topological polar surface area (TPSA) is 140 Å². The Bertz CT molecular complexity index is 1500. The van der Waals surface area contributed by atoms with E-state index in [4.69, 9.17) is 4.74 Å². The Hall–Kier alpha value is -4.39. The Morgan fingerprint density at radius 2 is 2.09 bits per heavy atom. The molecule has 5 rings (SSSR count). The molecule has 2 N–H and O–H groups in total. The number of carbonyl (C=O) groups is 2. The molecule has 1 saturated heterocycles. The molecule has 13 heteroatoms. The number of carboxylic acid groups (broad SMARTS) is 1. The first-order valence-electron chi connectivity index (χ1n) is 10.3. The van der Waals surface area contributed by atoms with Crippen LogP contribution in [-0.2, 0) is 0 Å². The van der Waals surface area contributed by atoms with Crippen molar-refractivity contribution < 1.29 is 23.8 Å². The van der Waals surface area contributed by atoms with E-state index >= 15 is 0 Å². The fourth-order valence-electron chi connectivity index (χ4n) is 3.71. The van der Waals surface area contributed by atoms with E-state index in [1.807, 2.05) is 0 Å². The molecule has 0 radical (unpaired) electrons. The Morgan fingerprint density at radius 3 is 2.71 bits per heavy atom. The Labute approximate surface area is 200 Å². The minimum Gasteiger partial charge on any atom is -0.495 e. The average Bonchev–Trinajstić information content (AvgIpc) is 3.36. The summed E-state index contributed by atoms with van der Waals surface area (Å²) < 4.78 is 21.4. The highest BCUT2D eigenvalue weighted by Crippen LogP contribution is 2.27. The first-order valence-corrected chi connectivity index (χ1v) is 11.2. The summed E-state index contributed by atoms with van der Waals surface area (Å²) >= 11 is 1.21. The highest BCUT2D eigenvalue weighted by molar-refractivity contribution is 7.12. The zero-order valence-electron chi connectivity index (χ0n) is 18.1. The molecule has 0 atom stereocenters. The molecule has 178 valence electrons. The number of aromatic nitrogens is 4. The van der Waals surface area contributed by atoms with Gasteiger partial charge in [-0.1, -0.05) is 0 Å². The SMILES string of the molecule is COc1ccc(C(=O)NC2CN(c3nc4c(cc3F)c(=O)c(C(=O)O)cn4-c3nccs3)C2)nc1. The third-order valence-electron chi connectivity index (χ3n) is 5.49. The van der Waals surface area contributed by atoms with Crippen molar-refractivity contribution in [1.29, 1.82) is 0 Å². The number of anilines is 1. The number of fused-ring (bicyclic) bond motifs is 1. The number of pyridine rings is 3. The lowest BCUT2D eigenvalue weighted by molar-refractivity contribution is 0.0694. The molecule has 0 aliphatic carbocycles. The number of rotatable bonds is 6. The van der Waals surface area contributed by atoms with Gasteiger partial charge in [-0.3, -0.25) is 14.2 Å². The number of ether oxygens (including phenoxy) is 1. The van der Waals surface area contributed by atoms with Crippen LogP contribution in [0, 0.1) is 5.82 Å². The van der Waals surface area contributed by atoms with E-state index in [2.05, 4.69) is 20.3 Å². The number of thiazole rings is 1. The van der Waals surface area contributed by atoms with E-state index < -0.39 is 22.8 Å². The van der Waals surface area contributed by atoms with Crippen LogP contribution in [0.15, 0.2) is 47.0 Å². The maximum Gasteiger partial charge on any atom is 0.341 e. The van der Waals surface area contributed by atoms with Gasteiger partial charge in [0.05, 0.1) is 24.7 Å². The van der Waals surface area contributed by atoms with Crippen LogP contribution in [0.3, 0.4) is 0 Å². The first kappa shape index (κ1) is 22.4. The van der Waals surface area contributed by atoms with Crippen molar-refractivity contribution >= 4 is 40.1 Å². The molecular formula is C22H17FN6O5S. The van der Waals surface area contributed by atoms with Crippen LogP contribution in [0.25, 0.3) is 16.2 Å². The molecule has 0 saturated carbocycles. The number of nitrogens with one attached hydrogen (secondary N) is 1. The summed E-state index contributed by atoms with van der Waals surface area (Å²) in [6.07, 6.45) is 4.10. The molecule has 1 aliphatic rings. The van der Waals surface area contributed by atoms with Crippen molar-refractivity contribution in [3.8, 4) is 10.9 Å². The molecule has 4 aromatic rings. The van der Waals surface area contributed by atoms with Crippen molar-refractivity contribution in [3.05, 3.63) is 69.5 Å². The Balaban J connectivity index is 1.41. The van der Waals surface area contributed by atoms with Gasteiger partial charge in [-0.2, -0.15) is 0 Å². The Kier molecular flexibility index (Phi) is 5.61. The van der Waals surface area contributed by atoms with Gasteiger partial charge in [-0.15, -0.1) is 11.3 Å². The van der Waals surface area contributed by atoms with E-state index in [0.717, 1.165) is 12.3 Å². The molecule has 1 aliphatic heterocycles. The van der Waals surface area contributed by atoms with Gasteiger partial charge in [-0.25, -0.2) is 24.1 Å². The van der Waals surface area contributed by atoms with Gasteiger partial charge in [0.1, 0.15) is 17.0 Å². The van der Waals surface area contributed by atoms with E-state index in [0.29, 0.717) is 10.9 Å². The zero-order valence-corrected chi connectivity index (χ0v) is 19.0. The Morgan fingerprint density at radius 1 is 1.29 bits per heavy atom. The van der Waals surface area contributed by atoms with Crippen LogP contribution in [0.5, 0.6) is 5.75 Å². The first-order chi connectivity index (χ1) is 16.9. The second kappa shape index (κ2) is 8.76. The monoisotopic (exact) mass is 496 g/mol. The van der Waals surface area contributed by atoms with Crippen LogP contribution < -0.4 is 20.4 Å². The zero-order chi connectivity index (χ0) is 24.7. The number of aromatic carboxylic acids is 1. The van der Waals surface area contributed by atoms with Crippen LogP contribution in [0.4, 0.5) is 10.2 Å². The van der Waals surface area contributed by atoms with E-state index in [-0.39, 0.29) is 47.6 Å². The summed E-state index contributed by atoms with van der Waals surface area (Å²) in [5.74, 6) is -2.06. The lowest BCUT2D eigenvalue weighted by Crippen LogP contribution is -2.60. The van der Waals surface area contributed by atoms with Gasteiger partial charge in [0.25, 0.3) is 5.91 Å².